The van der Waals surface area contributed by atoms with Gasteiger partial charge in [0.1, 0.15) is 0 Å². The molecular formula is C23H27NO3S. The second kappa shape index (κ2) is 8.08. The van der Waals surface area contributed by atoms with Gasteiger partial charge in [0.25, 0.3) is 5.91 Å². The van der Waals surface area contributed by atoms with Crippen LogP contribution < -0.4 is 5.32 Å². The van der Waals surface area contributed by atoms with Crippen LogP contribution in [0.4, 0.5) is 0 Å². The molecule has 3 atom stereocenters. The second-order valence-corrected chi connectivity index (χ2v) is 10.1. The van der Waals surface area contributed by atoms with Gasteiger partial charge >= 0.3 is 0 Å². The average Bonchev–Trinajstić information content (AvgIpc) is 3.31. The van der Waals surface area contributed by atoms with Crippen LogP contribution in [0.2, 0.25) is 0 Å². The van der Waals surface area contributed by atoms with E-state index in [4.69, 9.17) is 0 Å². The minimum atomic E-state index is -3.60. The lowest BCUT2D eigenvalue weighted by Crippen LogP contribution is -2.32. The van der Waals surface area contributed by atoms with E-state index in [2.05, 4.69) is 5.32 Å². The van der Waals surface area contributed by atoms with E-state index in [1.807, 2.05) is 18.2 Å². The van der Waals surface area contributed by atoms with Gasteiger partial charge in [0.05, 0.1) is 16.2 Å². The van der Waals surface area contributed by atoms with Gasteiger partial charge in [-0.1, -0.05) is 55.3 Å². The van der Waals surface area contributed by atoms with E-state index in [1.165, 1.54) is 38.2 Å². The largest absolute Gasteiger partial charge is 0.352 e. The van der Waals surface area contributed by atoms with Gasteiger partial charge in [-0.15, -0.1) is 0 Å². The van der Waals surface area contributed by atoms with Gasteiger partial charge in [-0.05, 0) is 54.7 Å². The Morgan fingerprint density at radius 1 is 0.929 bits per heavy atom. The fraction of sp³-hybridized carbons (Fsp3) is 0.435. The quantitative estimate of drug-likeness (QED) is 0.794. The third-order valence-electron chi connectivity index (χ3n) is 6.42. The molecule has 2 aliphatic carbocycles. The number of nitrogens with one attached hydrogen (secondary N) is 1. The molecule has 2 aromatic carbocycles. The molecule has 4 nitrogen and oxygen atoms in total. The summed E-state index contributed by atoms with van der Waals surface area (Å²) in [6.07, 6.45) is 6.35. The van der Waals surface area contributed by atoms with Crippen molar-refractivity contribution in [3.8, 4) is 0 Å². The lowest BCUT2D eigenvalue weighted by molar-refractivity contribution is 0.0940. The molecule has 2 saturated carbocycles. The van der Waals surface area contributed by atoms with E-state index in [1.54, 1.807) is 30.3 Å². The highest BCUT2D eigenvalue weighted by molar-refractivity contribution is 7.90. The van der Waals surface area contributed by atoms with Crippen molar-refractivity contribution in [2.45, 2.75) is 42.8 Å². The number of benzene rings is 2. The number of fused-ring (bicyclic) bond motifs is 1. The molecule has 0 aliphatic heterocycles. The van der Waals surface area contributed by atoms with Gasteiger partial charge in [-0.3, -0.25) is 4.79 Å². The summed E-state index contributed by atoms with van der Waals surface area (Å²) < 4.78 is 25.9. The second-order valence-electron chi connectivity index (χ2n) is 8.14. The Morgan fingerprint density at radius 3 is 2.50 bits per heavy atom. The molecule has 2 fully saturated rings. The van der Waals surface area contributed by atoms with Crippen LogP contribution in [0.15, 0.2) is 59.5 Å². The van der Waals surface area contributed by atoms with Crippen molar-refractivity contribution >= 4 is 15.7 Å². The first kappa shape index (κ1) is 19.2. The summed E-state index contributed by atoms with van der Waals surface area (Å²) >= 11 is 0. The minimum absolute atomic E-state index is 0.107. The Kier molecular flexibility index (Phi) is 5.54. The number of hydrogen-bond donors (Lipinski definition) is 1. The third-order valence-corrected chi connectivity index (χ3v) is 8.16. The molecular weight excluding hydrogens is 370 g/mol. The zero-order valence-corrected chi connectivity index (χ0v) is 16.8. The van der Waals surface area contributed by atoms with Crippen LogP contribution >= 0.6 is 0 Å². The van der Waals surface area contributed by atoms with Crippen LogP contribution in [-0.4, -0.2) is 20.9 Å². The van der Waals surface area contributed by atoms with Gasteiger partial charge in [0, 0.05) is 6.54 Å². The predicted molar refractivity (Wildman–Crippen MR) is 110 cm³/mol. The zero-order chi connectivity index (χ0) is 19.6. The molecule has 0 aromatic heterocycles. The lowest BCUT2D eigenvalue weighted by Gasteiger charge is -2.19. The van der Waals surface area contributed by atoms with Crippen molar-refractivity contribution in [1.82, 2.24) is 5.32 Å². The standard InChI is InChI=1S/C23H27NO3S/c25-23(24-15-19-14-13-18-9-6-11-20(18)19)21-10-4-5-12-22(21)28(26,27)16-17-7-2-1-3-8-17/h1-5,7-8,10,12,18-20H,6,9,11,13-16H2,(H,24,25)/t18-,19+,20-/m0/s1. The van der Waals surface area contributed by atoms with E-state index in [0.717, 1.165) is 17.4 Å². The molecule has 2 aliphatic rings. The summed E-state index contributed by atoms with van der Waals surface area (Å²) in [5.74, 6) is 1.71. The highest BCUT2D eigenvalue weighted by Crippen LogP contribution is 2.47. The molecule has 0 unspecified atom stereocenters. The van der Waals surface area contributed by atoms with Gasteiger partial charge in [-0.2, -0.15) is 0 Å². The molecule has 0 bridgehead atoms. The molecule has 0 spiro atoms. The van der Waals surface area contributed by atoms with Crippen LogP contribution in [-0.2, 0) is 15.6 Å². The number of hydrogen-bond acceptors (Lipinski definition) is 3. The molecule has 0 saturated heterocycles. The fourth-order valence-corrected chi connectivity index (χ4v) is 6.62. The smallest absolute Gasteiger partial charge is 0.252 e. The maximum Gasteiger partial charge on any atom is 0.252 e. The van der Waals surface area contributed by atoms with Gasteiger partial charge in [0.15, 0.2) is 9.84 Å². The van der Waals surface area contributed by atoms with Crippen molar-refractivity contribution < 1.29 is 13.2 Å². The Hall–Kier alpha value is -2.14. The maximum absolute atomic E-state index is 13.0. The summed E-state index contributed by atoms with van der Waals surface area (Å²) in [7, 11) is -3.60. The van der Waals surface area contributed by atoms with Crippen LogP contribution in [0, 0.1) is 17.8 Å². The third kappa shape index (κ3) is 4.00. The molecule has 5 heteroatoms. The Labute approximate surface area is 167 Å². The number of carbonyl (C=O) groups excluding carboxylic acids is 1. The van der Waals surface area contributed by atoms with Gasteiger partial charge < -0.3 is 5.32 Å². The first-order valence-corrected chi connectivity index (χ1v) is 11.8. The SMILES string of the molecule is O=C(NC[C@H]1CC[C@@H]2CCC[C@@H]21)c1ccccc1S(=O)(=O)Cc1ccccc1. The van der Waals surface area contributed by atoms with Gasteiger partial charge in [0.2, 0.25) is 0 Å². The maximum atomic E-state index is 13.0. The van der Waals surface area contributed by atoms with E-state index in [9.17, 15) is 13.2 Å². The topological polar surface area (TPSA) is 63.2 Å². The lowest BCUT2D eigenvalue weighted by atomic mass is 9.92. The Morgan fingerprint density at radius 2 is 1.68 bits per heavy atom. The van der Waals surface area contributed by atoms with Crippen molar-refractivity contribution in [2.24, 2.45) is 17.8 Å². The molecule has 0 heterocycles. The molecule has 2 aromatic rings. The molecule has 1 N–H and O–H groups in total. The highest BCUT2D eigenvalue weighted by atomic mass is 32.2. The average molecular weight is 398 g/mol. The van der Waals surface area contributed by atoms with E-state index >= 15 is 0 Å². The summed E-state index contributed by atoms with van der Waals surface area (Å²) in [5, 5.41) is 3.03. The van der Waals surface area contributed by atoms with Crippen LogP contribution in [0.5, 0.6) is 0 Å². The first-order valence-electron chi connectivity index (χ1n) is 10.2. The Bertz CT molecular complexity index is 939. The van der Waals surface area contributed by atoms with Gasteiger partial charge in [-0.25, -0.2) is 8.42 Å². The number of rotatable bonds is 6. The molecule has 4 rings (SSSR count). The van der Waals surface area contributed by atoms with Crippen LogP contribution in [0.3, 0.4) is 0 Å². The number of amides is 1. The summed E-state index contributed by atoms with van der Waals surface area (Å²) in [6.45, 7) is 0.646. The minimum Gasteiger partial charge on any atom is -0.352 e. The summed E-state index contributed by atoms with van der Waals surface area (Å²) in [5.41, 5.74) is 0.968. The zero-order valence-electron chi connectivity index (χ0n) is 16.0. The molecule has 148 valence electrons. The summed E-state index contributed by atoms with van der Waals surface area (Å²) in [4.78, 5) is 13.0. The first-order chi connectivity index (χ1) is 13.5. The Balaban J connectivity index is 1.48. The number of carbonyl (C=O) groups is 1. The number of sulfone groups is 1. The normalized spacial score (nSPS) is 24.1. The predicted octanol–water partition coefficient (Wildman–Crippen LogP) is 4.22. The molecule has 28 heavy (non-hydrogen) atoms. The van der Waals surface area contributed by atoms with Crippen molar-refractivity contribution in [3.05, 3.63) is 65.7 Å². The van der Waals surface area contributed by atoms with E-state index < -0.39 is 9.84 Å². The van der Waals surface area contributed by atoms with Crippen LogP contribution in [0.25, 0.3) is 0 Å². The van der Waals surface area contributed by atoms with E-state index in [0.29, 0.717) is 12.5 Å². The fourth-order valence-electron chi connectivity index (χ4n) is 5.06. The molecule has 0 radical (unpaired) electrons. The highest BCUT2D eigenvalue weighted by Gasteiger charge is 2.39. The summed E-state index contributed by atoms with van der Waals surface area (Å²) in [6, 6.07) is 15.6. The monoisotopic (exact) mass is 397 g/mol. The van der Waals surface area contributed by atoms with Crippen molar-refractivity contribution in [1.29, 1.82) is 0 Å². The van der Waals surface area contributed by atoms with E-state index in [-0.39, 0.29) is 22.1 Å². The molecule has 1 amide bonds. The van der Waals surface area contributed by atoms with Crippen LogP contribution in [0.1, 0.15) is 48.0 Å². The van der Waals surface area contributed by atoms with Crippen molar-refractivity contribution in [2.75, 3.05) is 6.54 Å². The van der Waals surface area contributed by atoms with Crippen molar-refractivity contribution in [3.63, 3.8) is 0 Å².